The first kappa shape index (κ1) is 18.2. The second-order valence-electron chi connectivity index (χ2n) is 7.42. The number of piperidine rings is 1. The number of likely N-dealkylation sites (tertiary alicyclic amines) is 1. The number of nitrogens with zero attached hydrogens (tertiary/aromatic N) is 1. The zero-order valence-corrected chi connectivity index (χ0v) is 15.7. The average molecular weight is 365 g/mol. The van der Waals surface area contributed by atoms with Crippen LogP contribution in [0.1, 0.15) is 45.4 Å². The van der Waals surface area contributed by atoms with E-state index in [1.54, 1.807) is 18.2 Å². The van der Waals surface area contributed by atoms with Gasteiger partial charge in [-0.1, -0.05) is 25.8 Å². The number of sulfone groups is 1. The van der Waals surface area contributed by atoms with Crippen LogP contribution in [-0.4, -0.2) is 44.1 Å². The van der Waals surface area contributed by atoms with Crippen molar-refractivity contribution in [2.24, 2.45) is 5.92 Å². The predicted octanol–water partition coefficient (Wildman–Crippen LogP) is 3.07. The topological polar surface area (TPSA) is 66.5 Å². The van der Waals surface area contributed by atoms with E-state index in [9.17, 15) is 13.2 Å². The smallest absolute Gasteiger partial charge is 0.241 e. The van der Waals surface area contributed by atoms with E-state index >= 15 is 0 Å². The molecule has 1 unspecified atom stereocenters. The molecule has 1 N–H and O–H groups in total. The van der Waals surface area contributed by atoms with E-state index in [1.165, 1.54) is 6.42 Å². The second-order valence-corrected chi connectivity index (χ2v) is 9.65. The Balaban J connectivity index is 1.63. The van der Waals surface area contributed by atoms with Crippen LogP contribution in [0.3, 0.4) is 0 Å². The Hall–Kier alpha value is -1.56. The lowest BCUT2D eigenvalue weighted by Crippen LogP contribution is -2.41. The maximum Gasteiger partial charge on any atom is 0.241 e. The standard InChI is InChI=1S/C19H28N2O3S/c1-15-6-5-11-21(14-15)19(22)13-20-16-7-4-10-18(12-16)25(23,24)17-8-2-3-9-17/h4,7,10,12,15,17,20H,2-3,5-6,8-9,11,13-14H2,1H3. The molecule has 2 fully saturated rings. The molecule has 0 aromatic heterocycles. The van der Waals surface area contributed by atoms with Gasteiger partial charge in [0.2, 0.25) is 5.91 Å². The molecule has 1 saturated heterocycles. The van der Waals surface area contributed by atoms with Gasteiger partial charge in [-0.2, -0.15) is 0 Å². The number of nitrogens with one attached hydrogen (secondary N) is 1. The summed E-state index contributed by atoms with van der Waals surface area (Å²) in [5.74, 6) is 0.633. The first-order chi connectivity index (χ1) is 12.0. The van der Waals surface area contributed by atoms with E-state index in [0.717, 1.165) is 45.2 Å². The molecule has 138 valence electrons. The number of hydrogen-bond acceptors (Lipinski definition) is 4. The minimum Gasteiger partial charge on any atom is -0.376 e. The molecule has 1 amide bonds. The van der Waals surface area contributed by atoms with Crippen LogP contribution in [0.25, 0.3) is 0 Å². The maximum atomic E-state index is 12.7. The molecular weight excluding hydrogens is 336 g/mol. The van der Waals surface area contributed by atoms with Crippen LogP contribution < -0.4 is 5.32 Å². The Kier molecular flexibility index (Phi) is 5.67. The zero-order valence-electron chi connectivity index (χ0n) is 14.9. The van der Waals surface area contributed by atoms with Crippen LogP contribution in [0.15, 0.2) is 29.2 Å². The molecule has 1 aromatic carbocycles. The average Bonchev–Trinajstić information content (AvgIpc) is 3.15. The summed E-state index contributed by atoms with van der Waals surface area (Å²) in [4.78, 5) is 14.6. The molecule has 5 nitrogen and oxygen atoms in total. The molecular formula is C19H28N2O3S. The molecule has 1 saturated carbocycles. The number of benzene rings is 1. The monoisotopic (exact) mass is 364 g/mol. The van der Waals surface area contributed by atoms with Crippen LogP contribution in [0.4, 0.5) is 5.69 Å². The number of carbonyl (C=O) groups excluding carboxylic acids is 1. The first-order valence-electron chi connectivity index (χ1n) is 9.32. The molecule has 1 atom stereocenters. The minimum absolute atomic E-state index is 0.0793. The van der Waals surface area contributed by atoms with Crippen molar-refractivity contribution in [2.45, 2.75) is 55.6 Å². The van der Waals surface area contributed by atoms with Crippen molar-refractivity contribution in [1.29, 1.82) is 0 Å². The Morgan fingerprint density at radius 3 is 2.68 bits per heavy atom. The molecule has 0 spiro atoms. The highest BCUT2D eigenvalue weighted by Crippen LogP contribution is 2.30. The highest BCUT2D eigenvalue weighted by Gasteiger charge is 2.30. The fraction of sp³-hybridized carbons (Fsp3) is 0.632. The first-order valence-corrected chi connectivity index (χ1v) is 10.9. The summed E-state index contributed by atoms with van der Waals surface area (Å²) < 4.78 is 25.4. The fourth-order valence-corrected chi connectivity index (χ4v) is 5.78. The Bertz CT molecular complexity index is 711. The summed E-state index contributed by atoms with van der Waals surface area (Å²) in [7, 11) is -3.26. The van der Waals surface area contributed by atoms with Gasteiger partial charge < -0.3 is 10.2 Å². The number of rotatable bonds is 5. The van der Waals surface area contributed by atoms with E-state index in [-0.39, 0.29) is 17.7 Å². The van der Waals surface area contributed by atoms with Crippen LogP contribution >= 0.6 is 0 Å². The Labute approximate surface area is 150 Å². The van der Waals surface area contributed by atoms with Gasteiger partial charge in [-0.15, -0.1) is 0 Å². The van der Waals surface area contributed by atoms with Crippen molar-refractivity contribution >= 4 is 21.4 Å². The van der Waals surface area contributed by atoms with Crippen molar-refractivity contribution < 1.29 is 13.2 Å². The molecule has 0 bridgehead atoms. The van der Waals surface area contributed by atoms with Crippen LogP contribution in [0, 0.1) is 5.92 Å². The summed E-state index contributed by atoms with van der Waals surface area (Å²) in [5, 5.41) is 2.85. The van der Waals surface area contributed by atoms with Gasteiger partial charge in [-0.3, -0.25) is 4.79 Å². The Morgan fingerprint density at radius 1 is 1.20 bits per heavy atom. The van der Waals surface area contributed by atoms with Gasteiger partial charge in [0.25, 0.3) is 0 Å². The van der Waals surface area contributed by atoms with Crippen LogP contribution in [-0.2, 0) is 14.6 Å². The van der Waals surface area contributed by atoms with E-state index < -0.39 is 9.84 Å². The lowest BCUT2D eigenvalue weighted by atomic mass is 10.0. The second kappa shape index (κ2) is 7.77. The summed E-state index contributed by atoms with van der Waals surface area (Å²) in [6.07, 6.45) is 5.73. The molecule has 6 heteroatoms. The molecule has 2 aliphatic rings. The lowest BCUT2D eigenvalue weighted by Gasteiger charge is -2.31. The molecule has 1 aromatic rings. The number of hydrogen-bond donors (Lipinski definition) is 1. The van der Waals surface area contributed by atoms with Gasteiger partial charge in [0, 0.05) is 18.8 Å². The molecule has 1 aliphatic carbocycles. The summed E-state index contributed by atoms with van der Waals surface area (Å²) in [6, 6.07) is 6.89. The highest BCUT2D eigenvalue weighted by atomic mass is 32.2. The SMILES string of the molecule is CC1CCCN(C(=O)CNc2cccc(S(=O)(=O)C3CCCC3)c2)C1. The van der Waals surface area contributed by atoms with Crippen molar-refractivity contribution in [2.75, 3.05) is 25.0 Å². The van der Waals surface area contributed by atoms with E-state index in [4.69, 9.17) is 0 Å². The lowest BCUT2D eigenvalue weighted by molar-refractivity contribution is -0.130. The number of anilines is 1. The third-order valence-electron chi connectivity index (χ3n) is 5.36. The van der Waals surface area contributed by atoms with Gasteiger partial charge in [0.1, 0.15) is 0 Å². The number of amides is 1. The quantitative estimate of drug-likeness (QED) is 0.872. The van der Waals surface area contributed by atoms with Crippen LogP contribution in [0.2, 0.25) is 0 Å². The van der Waals surface area contributed by atoms with Gasteiger partial charge in [0.15, 0.2) is 9.84 Å². The summed E-state index contributed by atoms with van der Waals surface area (Å²) >= 11 is 0. The Morgan fingerprint density at radius 2 is 1.96 bits per heavy atom. The molecule has 1 heterocycles. The van der Waals surface area contributed by atoms with Gasteiger partial charge in [-0.25, -0.2) is 8.42 Å². The van der Waals surface area contributed by atoms with E-state index in [0.29, 0.717) is 16.5 Å². The molecule has 3 rings (SSSR count). The van der Waals surface area contributed by atoms with E-state index in [2.05, 4.69) is 12.2 Å². The third-order valence-corrected chi connectivity index (χ3v) is 7.62. The minimum atomic E-state index is -3.26. The molecule has 25 heavy (non-hydrogen) atoms. The predicted molar refractivity (Wildman–Crippen MR) is 99.4 cm³/mol. The normalized spacial score (nSPS) is 22.1. The molecule has 0 radical (unpaired) electrons. The maximum absolute atomic E-state index is 12.7. The largest absolute Gasteiger partial charge is 0.376 e. The van der Waals surface area contributed by atoms with E-state index in [1.807, 2.05) is 11.0 Å². The van der Waals surface area contributed by atoms with Gasteiger partial charge in [-0.05, 0) is 49.8 Å². The van der Waals surface area contributed by atoms with Gasteiger partial charge in [0.05, 0.1) is 16.7 Å². The number of carbonyl (C=O) groups is 1. The third kappa shape index (κ3) is 4.35. The van der Waals surface area contributed by atoms with Crippen molar-refractivity contribution in [3.05, 3.63) is 24.3 Å². The van der Waals surface area contributed by atoms with Crippen molar-refractivity contribution in [3.8, 4) is 0 Å². The summed E-state index contributed by atoms with van der Waals surface area (Å²) in [5.41, 5.74) is 0.692. The fourth-order valence-electron chi connectivity index (χ4n) is 3.88. The molecule has 1 aliphatic heterocycles. The van der Waals surface area contributed by atoms with Crippen molar-refractivity contribution in [1.82, 2.24) is 4.90 Å². The summed E-state index contributed by atoms with van der Waals surface area (Å²) in [6.45, 7) is 4.02. The van der Waals surface area contributed by atoms with Crippen molar-refractivity contribution in [3.63, 3.8) is 0 Å². The van der Waals surface area contributed by atoms with Gasteiger partial charge >= 0.3 is 0 Å². The zero-order chi connectivity index (χ0) is 17.9. The highest BCUT2D eigenvalue weighted by molar-refractivity contribution is 7.92. The van der Waals surface area contributed by atoms with Crippen LogP contribution in [0.5, 0.6) is 0 Å².